The number of nitro benzene ring substituents is 1. The summed E-state index contributed by atoms with van der Waals surface area (Å²) in [7, 11) is 0. The van der Waals surface area contributed by atoms with E-state index in [0.717, 1.165) is 12.8 Å². The van der Waals surface area contributed by atoms with Gasteiger partial charge in [-0.15, -0.1) is 12.4 Å². The third kappa shape index (κ3) is 6.43. The molecule has 156 valence electrons. The molecule has 0 radical (unpaired) electrons. The number of benzene rings is 1. The molecule has 1 unspecified atom stereocenters. The fraction of sp³-hybridized carbons (Fsp3) is 0.556. The van der Waals surface area contributed by atoms with Crippen LogP contribution >= 0.6 is 12.4 Å². The topological polar surface area (TPSA) is 116 Å². The number of carbonyl (C=O) groups excluding carboxylic acids is 1. The van der Waals surface area contributed by atoms with Crippen molar-refractivity contribution in [3.63, 3.8) is 0 Å². The van der Waals surface area contributed by atoms with E-state index < -0.39 is 10.9 Å². The first-order chi connectivity index (χ1) is 12.8. The molecule has 1 saturated heterocycles. The Morgan fingerprint density at radius 2 is 2.04 bits per heavy atom. The number of likely N-dealkylation sites (N-methyl/N-ethyl adjacent to an activating group) is 1. The van der Waals surface area contributed by atoms with Crippen molar-refractivity contribution in [2.75, 3.05) is 31.5 Å². The molecule has 0 aliphatic carbocycles. The molecule has 1 amide bonds. The molecule has 1 fully saturated rings. The molecule has 1 atom stereocenters. The van der Waals surface area contributed by atoms with Crippen LogP contribution in [0.15, 0.2) is 24.3 Å². The van der Waals surface area contributed by atoms with Gasteiger partial charge in [-0.3, -0.25) is 29.5 Å². The number of piperidine rings is 1. The van der Waals surface area contributed by atoms with Crippen LogP contribution in [0, 0.1) is 10.1 Å². The second kappa shape index (κ2) is 10.9. The quantitative estimate of drug-likeness (QED) is 0.494. The van der Waals surface area contributed by atoms with Crippen LogP contribution < -0.4 is 5.32 Å². The van der Waals surface area contributed by atoms with Crippen LogP contribution in [0.25, 0.3) is 0 Å². The summed E-state index contributed by atoms with van der Waals surface area (Å²) in [6.45, 7) is 5.87. The monoisotopic (exact) mass is 414 g/mol. The van der Waals surface area contributed by atoms with Crippen LogP contribution in [-0.2, 0) is 9.59 Å². The van der Waals surface area contributed by atoms with Gasteiger partial charge in [-0.1, -0.05) is 13.0 Å². The second-order valence-electron chi connectivity index (χ2n) is 6.70. The van der Waals surface area contributed by atoms with E-state index in [0.29, 0.717) is 25.3 Å². The van der Waals surface area contributed by atoms with Crippen molar-refractivity contribution in [2.24, 2.45) is 0 Å². The molecule has 1 aromatic carbocycles. The first kappa shape index (κ1) is 23.8. The zero-order chi connectivity index (χ0) is 20.0. The van der Waals surface area contributed by atoms with E-state index in [1.807, 2.05) is 18.7 Å². The highest BCUT2D eigenvalue weighted by Gasteiger charge is 2.29. The molecule has 0 bridgehead atoms. The standard InChI is InChI=1S/C18H26N4O5.ClH/c1-3-20(12-17(23)24)15-7-9-21(10-8-15)13(2)18(25)19-14-5-4-6-16(11-14)22(26)27;/h4-6,11,13,15H,3,7-10,12H2,1-2H3,(H,19,25)(H,23,24);1H. The van der Waals surface area contributed by atoms with E-state index >= 15 is 0 Å². The molecule has 0 aromatic heterocycles. The Hall–Kier alpha value is -2.23. The van der Waals surface area contributed by atoms with Gasteiger partial charge in [0.1, 0.15) is 0 Å². The Kier molecular flexibility index (Phi) is 9.30. The molecule has 9 nitrogen and oxygen atoms in total. The maximum absolute atomic E-state index is 12.5. The Morgan fingerprint density at radius 3 is 2.57 bits per heavy atom. The van der Waals surface area contributed by atoms with Crippen molar-refractivity contribution >= 4 is 35.7 Å². The van der Waals surface area contributed by atoms with E-state index in [1.165, 1.54) is 18.2 Å². The summed E-state index contributed by atoms with van der Waals surface area (Å²) in [6, 6.07) is 5.69. The summed E-state index contributed by atoms with van der Waals surface area (Å²) in [5.41, 5.74) is 0.328. The van der Waals surface area contributed by atoms with Gasteiger partial charge in [0.15, 0.2) is 0 Å². The number of non-ortho nitro benzene ring substituents is 1. The maximum Gasteiger partial charge on any atom is 0.317 e. The zero-order valence-electron chi connectivity index (χ0n) is 16.0. The number of nitrogens with zero attached hydrogens (tertiary/aromatic N) is 3. The van der Waals surface area contributed by atoms with Crippen molar-refractivity contribution in [1.29, 1.82) is 0 Å². The minimum Gasteiger partial charge on any atom is -0.480 e. The van der Waals surface area contributed by atoms with Crippen LogP contribution in [0.4, 0.5) is 11.4 Å². The first-order valence-electron chi connectivity index (χ1n) is 9.07. The third-order valence-corrected chi connectivity index (χ3v) is 5.01. The van der Waals surface area contributed by atoms with E-state index in [9.17, 15) is 19.7 Å². The molecule has 0 saturated carbocycles. The third-order valence-electron chi connectivity index (χ3n) is 5.01. The van der Waals surface area contributed by atoms with Gasteiger partial charge in [0, 0.05) is 37.0 Å². The molecule has 1 aliphatic rings. The SMILES string of the molecule is CCN(CC(=O)O)C1CCN(C(C)C(=O)Nc2cccc([N+](=O)[O-])c2)CC1.Cl. The van der Waals surface area contributed by atoms with Gasteiger partial charge < -0.3 is 10.4 Å². The summed E-state index contributed by atoms with van der Waals surface area (Å²) in [6.07, 6.45) is 1.60. The molecule has 10 heteroatoms. The number of aliphatic carboxylic acids is 1. The number of hydrogen-bond donors (Lipinski definition) is 2. The fourth-order valence-corrected chi connectivity index (χ4v) is 3.42. The number of hydrogen-bond acceptors (Lipinski definition) is 6. The highest BCUT2D eigenvalue weighted by Crippen LogP contribution is 2.20. The van der Waals surface area contributed by atoms with E-state index in [4.69, 9.17) is 5.11 Å². The Labute approximate surface area is 170 Å². The van der Waals surface area contributed by atoms with Crippen molar-refractivity contribution in [2.45, 2.75) is 38.8 Å². The highest BCUT2D eigenvalue weighted by atomic mass is 35.5. The fourth-order valence-electron chi connectivity index (χ4n) is 3.42. The van der Waals surface area contributed by atoms with Crippen molar-refractivity contribution in [3.05, 3.63) is 34.4 Å². The molecule has 0 spiro atoms. The number of amides is 1. The summed E-state index contributed by atoms with van der Waals surface area (Å²) >= 11 is 0. The number of rotatable bonds is 8. The van der Waals surface area contributed by atoms with Gasteiger partial charge in [-0.2, -0.15) is 0 Å². The number of likely N-dealkylation sites (tertiary alicyclic amines) is 1. The lowest BCUT2D eigenvalue weighted by atomic mass is 10.0. The largest absolute Gasteiger partial charge is 0.480 e. The van der Waals surface area contributed by atoms with Crippen LogP contribution in [0.5, 0.6) is 0 Å². The van der Waals surface area contributed by atoms with Crippen molar-refractivity contribution in [1.82, 2.24) is 9.80 Å². The Balaban J connectivity index is 0.00000392. The van der Waals surface area contributed by atoms with Crippen molar-refractivity contribution in [3.8, 4) is 0 Å². The number of nitro groups is 1. The van der Waals surface area contributed by atoms with Crippen molar-refractivity contribution < 1.29 is 19.6 Å². The summed E-state index contributed by atoms with van der Waals surface area (Å²) in [5, 5.41) is 22.6. The molecule has 28 heavy (non-hydrogen) atoms. The Morgan fingerprint density at radius 1 is 1.39 bits per heavy atom. The van der Waals surface area contributed by atoms with Gasteiger partial charge in [0.05, 0.1) is 17.5 Å². The predicted octanol–water partition coefficient (Wildman–Crippen LogP) is 2.21. The van der Waals surface area contributed by atoms with Crippen LogP contribution in [0.1, 0.15) is 26.7 Å². The predicted molar refractivity (Wildman–Crippen MR) is 108 cm³/mol. The summed E-state index contributed by atoms with van der Waals surface area (Å²) < 4.78 is 0. The van der Waals surface area contributed by atoms with E-state index in [1.54, 1.807) is 6.07 Å². The number of anilines is 1. The number of carboxylic acid groups (broad SMARTS) is 1. The van der Waals surface area contributed by atoms with Gasteiger partial charge in [0.2, 0.25) is 5.91 Å². The molecule has 1 aromatic rings. The average Bonchev–Trinajstić information content (AvgIpc) is 2.65. The normalized spacial score (nSPS) is 16.2. The summed E-state index contributed by atoms with van der Waals surface area (Å²) in [5.74, 6) is -1.05. The maximum atomic E-state index is 12.5. The lowest BCUT2D eigenvalue weighted by molar-refractivity contribution is -0.384. The van der Waals surface area contributed by atoms with Crippen LogP contribution in [-0.4, -0.2) is 70.0 Å². The lowest BCUT2D eigenvalue weighted by Crippen LogP contribution is -2.51. The zero-order valence-corrected chi connectivity index (χ0v) is 16.9. The van der Waals surface area contributed by atoms with Crippen LogP contribution in [0.2, 0.25) is 0 Å². The van der Waals surface area contributed by atoms with Crippen LogP contribution in [0.3, 0.4) is 0 Å². The van der Waals surface area contributed by atoms with Gasteiger partial charge in [-0.25, -0.2) is 0 Å². The molecule has 1 aliphatic heterocycles. The highest BCUT2D eigenvalue weighted by molar-refractivity contribution is 5.94. The number of carbonyl (C=O) groups is 2. The van der Waals surface area contributed by atoms with Gasteiger partial charge >= 0.3 is 5.97 Å². The molecular weight excluding hydrogens is 388 g/mol. The molecule has 1 heterocycles. The van der Waals surface area contributed by atoms with Gasteiger partial charge in [-0.05, 0) is 32.4 Å². The second-order valence-corrected chi connectivity index (χ2v) is 6.70. The van der Waals surface area contributed by atoms with E-state index in [-0.39, 0.29) is 42.6 Å². The summed E-state index contributed by atoms with van der Waals surface area (Å²) in [4.78, 5) is 37.8. The molecule has 2 N–H and O–H groups in total. The van der Waals surface area contributed by atoms with E-state index in [2.05, 4.69) is 10.2 Å². The number of nitrogens with one attached hydrogen (secondary N) is 1. The lowest BCUT2D eigenvalue weighted by Gasteiger charge is -2.39. The number of carboxylic acids is 1. The van der Waals surface area contributed by atoms with Gasteiger partial charge in [0.25, 0.3) is 5.69 Å². The average molecular weight is 415 g/mol. The smallest absolute Gasteiger partial charge is 0.317 e. The Bertz CT molecular complexity index is 694. The minimum atomic E-state index is -0.830. The minimum absolute atomic E-state index is 0. The molecule has 2 rings (SSSR count). The first-order valence-corrected chi connectivity index (χ1v) is 9.07. The number of halogens is 1. The molecular formula is C18H27ClN4O5.